The third-order valence-electron chi connectivity index (χ3n) is 4.20. The molecule has 3 rings (SSSR count). The molecule has 0 aliphatic carbocycles. The number of benzene rings is 2. The molecule has 0 atom stereocenters. The van der Waals surface area contributed by atoms with E-state index in [0.717, 1.165) is 35.9 Å². The van der Waals surface area contributed by atoms with Gasteiger partial charge in [-0.25, -0.2) is 4.39 Å². The number of hydrogen-bond acceptors (Lipinski definition) is 4. The van der Waals surface area contributed by atoms with Crippen molar-refractivity contribution >= 4 is 33.9 Å². The van der Waals surface area contributed by atoms with E-state index >= 15 is 0 Å². The van der Waals surface area contributed by atoms with Gasteiger partial charge >= 0.3 is 0 Å². The molecule has 0 unspecified atom stereocenters. The number of fused-ring (bicyclic) bond motifs is 1. The number of halogens is 2. The zero-order valence-corrected chi connectivity index (χ0v) is 15.1. The number of aromatic nitrogens is 1. The Kier molecular flexibility index (Phi) is 5.85. The fourth-order valence-electron chi connectivity index (χ4n) is 2.85. The number of H-pyrrole nitrogens is 1. The molecule has 1 heterocycles. The molecular weight excluding hydrogens is 355 g/mol. The van der Waals surface area contributed by atoms with Gasteiger partial charge in [-0.2, -0.15) is 0 Å². The minimum absolute atomic E-state index is 0.213. The molecule has 1 aromatic heterocycles. The van der Waals surface area contributed by atoms with Crippen LogP contribution in [0.3, 0.4) is 0 Å². The lowest BCUT2D eigenvalue weighted by molar-refractivity contribution is 0.315. The van der Waals surface area contributed by atoms with Crippen LogP contribution in [0.2, 0.25) is 5.02 Å². The molecule has 0 bridgehead atoms. The van der Waals surface area contributed by atoms with Gasteiger partial charge < -0.3 is 26.5 Å². The van der Waals surface area contributed by atoms with Gasteiger partial charge in [-0.05, 0) is 49.2 Å². The molecule has 0 saturated heterocycles. The summed E-state index contributed by atoms with van der Waals surface area (Å²) < 4.78 is 19.0. The molecule has 26 heavy (non-hydrogen) atoms. The first-order valence-corrected chi connectivity index (χ1v) is 8.86. The predicted molar refractivity (Wildman–Crippen MR) is 105 cm³/mol. The Morgan fingerprint density at radius 3 is 2.85 bits per heavy atom. The summed E-state index contributed by atoms with van der Waals surface area (Å²) >= 11 is 5.95. The summed E-state index contributed by atoms with van der Waals surface area (Å²) in [5.41, 5.74) is 14.5. The maximum Gasteiger partial charge on any atom is 0.145 e. The van der Waals surface area contributed by atoms with Gasteiger partial charge in [0.15, 0.2) is 0 Å². The average Bonchev–Trinajstić information content (AvgIpc) is 3.00. The van der Waals surface area contributed by atoms with Crippen LogP contribution in [0, 0.1) is 5.82 Å². The van der Waals surface area contributed by atoms with Crippen LogP contribution in [0.4, 0.5) is 15.8 Å². The SMILES string of the molecule is Nc1cc(Cl)cc(OCCNCCCc2c[nH]c3ccc(F)cc23)c1N. The lowest BCUT2D eigenvalue weighted by Crippen LogP contribution is -2.22. The van der Waals surface area contributed by atoms with Crippen LogP contribution in [0.15, 0.2) is 36.5 Å². The molecule has 0 aliphatic heterocycles. The van der Waals surface area contributed by atoms with E-state index in [1.165, 1.54) is 6.07 Å². The molecule has 5 nitrogen and oxygen atoms in total. The number of anilines is 2. The quantitative estimate of drug-likeness (QED) is 0.356. The fraction of sp³-hybridized carbons (Fsp3) is 0.263. The molecule has 0 radical (unpaired) electrons. The molecular formula is C19H22ClFN4O. The summed E-state index contributed by atoms with van der Waals surface area (Å²) in [6.45, 7) is 1.97. The largest absolute Gasteiger partial charge is 0.490 e. The van der Waals surface area contributed by atoms with Crippen molar-refractivity contribution in [3.63, 3.8) is 0 Å². The van der Waals surface area contributed by atoms with Gasteiger partial charge in [-0.3, -0.25) is 0 Å². The second-order valence-electron chi connectivity index (χ2n) is 6.11. The Hall–Kier alpha value is -2.44. The standard InChI is InChI=1S/C19H22ClFN4O/c20-13-8-16(22)19(23)18(9-13)26-7-6-24-5-1-2-12-11-25-17-4-3-14(21)10-15(12)17/h3-4,8-11,24-25H,1-2,5-7,22-23H2. The summed E-state index contributed by atoms with van der Waals surface area (Å²) in [5.74, 6) is 0.284. The molecule has 3 aromatic rings. The summed E-state index contributed by atoms with van der Waals surface area (Å²) in [7, 11) is 0. The number of nitrogen functional groups attached to an aromatic ring is 2. The van der Waals surface area contributed by atoms with E-state index in [1.54, 1.807) is 24.3 Å². The highest BCUT2D eigenvalue weighted by molar-refractivity contribution is 6.31. The minimum Gasteiger partial charge on any atom is -0.490 e. The normalized spacial score (nSPS) is 11.2. The van der Waals surface area contributed by atoms with E-state index in [-0.39, 0.29) is 5.82 Å². The molecule has 7 heteroatoms. The van der Waals surface area contributed by atoms with Gasteiger partial charge in [0.25, 0.3) is 0 Å². The van der Waals surface area contributed by atoms with Gasteiger partial charge in [0.1, 0.15) is 18.2 Å². The van der Waals surface area contributed by atoms with Gasteiger partial charge in [-0.15, -0.1) is 0 Å². The van der Waals surface area contributed by atoms with E-state index in [4.69, 9.17) is 27.8 Å². The van der Waals surface area contributed by atoms with Crippen molar-refractivity contribution in [3.8, 4) is 5.75 Å². The highest BCUT2D eigenvalue weighted by atomic mass is 35.5. The summed E-state index contributed by atoms with van der Waals surface area (Å²) in [4.78, 5) is 3.17. The Balaban J connectivity index is 1.39. The van der Waals surface area contributed by atoms with Crippen molar-refractivity contribution in [3.05, 3.63) is 52.9 Å². The van der Waals surface area contributed by atoms with E-state index in [9.17, 15) is 4.39 Å². The maximum absolute atomic E-state index is 13.4. The highest BCUT2D eigenvalue weighted by Gasteiger charge is 2.07. The van der Waals surface area contributed by atoms with Crippen molar-refractivity contribution < 1.29 is 9.13 Å². The van der Waals surface area contributed by atoms with Crippen LogP contribution in [-0.4, -0.2) is 24.7 Å². The summed E-state index contributed by atoms with van der Waals surface area (Å²) in [6.07, 6.45) is 3.75. The molecule has 0 spiro atoms. The molecule has 0 aliphatic rings. The smallest absolute Gasteiger partial charge is 0.145 e. The monoisotopic (exact) mass is 376 g/mol. The van der Waals surface area contributed by atoms with Crippen molar-refractivity contribution in [2.75, 3.05) is 31.2 Å². The number of ether oxygens (including phenoxy) is 1. The highest BCUT2D eigenvalue weighted by Crippen LogP contribution is 2.31. The molecule has 138 valence electrons. The second-order valence-corrected chi connectivity index (χ2v) is 6.55. The van der Waals surface area contributed by atoms with E-state index in [2.05, 4.69) is 10.3 Å². The predicted octanol–water partition coefficient (Wildman–Crippen LogP) is 3.73. The van der Waals surface area contributed by atoms with Crippen LogP contribution in [-0.2, 0) is 6.42 Å². The Labute approximate surface area is 156 Å². The molecule has 2 aromatic carbocycles. The number of rotatable bonds is 8. The second kappa shape index (κ2) is 8.29. The first-order chi connectivity index (χ1) is 12.5. The Bertz CT molecular complexity index is 897. The Morgan fingerprint density at radius 1 is 1.15 bits per heavy atom. The zero-order chi connectivity index (χ0) is 18.5. The van der Waals surface area contributed by atoms with Gasteiger partial charge in [0.05, 0.1) is 11.4 Å². The van der Waals surface area contributed by atoms with E-state index < -0.39 is 0 Å². The third kappa shape index (κ3) is 4.39. The lowest BCUT2D eigenvalue weighted by Gasteiger charge is -2.11. The number of hydrogen-bond donors (Lipinski definition) is 4. The molecule has 6 N–H and O–H groups in total. The topological polar surface area (TPSA) is 89.1 Å². The summed E-state index contributed by atoms with van der Waals surface area (Å²) in [6, 6.07) is 8.05. The minimum atomic E-state index is -0.213. The number of nitrogens with two attached hydrogens (primary N) is 2. The molecule has 0 amide bonds. The van der Waals surface area contributed by atoms with E-state index in [1.807, 2.05) is 6.20 Å². The maximum atomic E-state index is 13.4. The number of aryl methyl sites for hydroxylation is 1. The number of aromatic amines is 1. The van der Waals surface area contributed by atoms with Crippen LogP contribution >= 0.6 is 11.6 Å². The van der Waals surface area contributed by atoms with Crippen molar-refractivity contribution in [1.82, 2.24) is 10.3 Å². The summed E-state index contributed by atoms with van der Waals surface area (Å²) in [5, 5.41) is 4.75. The molecule has 0 saturated carbocycles. The molecule has 0 fully saturated rings. The zero-order valence-electron chi connectivity index (χ0n) is 14.3. The van der Waals surface area contributed by atoms with Crippen LogP contribution in [0.5, 0.6) is 5.75 Å². The van der Waals surface area contributed by atoms with Crippen molar-refractivity contribution in [2.24, 2.45) is 0 Å². The van der Waals surface area contributed by atoms with Crippen LogP contribution in [0.1, 0.15) is 12.0 Å². The van der Waals surface area contributed by atoms with Crippen molar-refractivity contribution in [2.45, 2.75) is 12.8 Å². The van der Waals surface area contributed by atoms with Gasteiger partial charge in [0, 0.05) is 34.7 Å². The first-order valence-electron chi connectivity index (χ1n) is 8.48. The number of nitrogens with one attached hydrogen (secondary N) is 2. The van der Waals surface area contributed by atoms with Crippen LogP contribution in [0.25, 0.3) is 10.9 Å². The van der Waals surface area contributed by atoms with E-state index in [0.29, 0.717) is 35.3 Å². The third-order valence-corrected chi connectivity index (χ3v) is 4.42. The lowest BCUT2D eigenvalue weighted by atomic mass is 10.1. The van der Waals surface area contributed by atoms with Gasteiger partial charge in [-0.1, -0.05) is 11.6 Å². The Morgan fingerprint density at radius 2 is 2.00 bits per heavy atom. The van der Waals surface area contributed by atoms with Gasteiger partial charge in [0.2, 0.25) is 0 Å². The van der Waals surface area contributed by atoms with Crippen LogP contribution < -0.4 is 21.5 Å². The fourth-order valence-corrected chi connectivity index (χ4v) is 3.07. The van der Waals surface area contributed by atoms with Crippen molar-refractivity contribution in [1.29, 1.82) is 0 Å². The first kappa shape index (κ1) is 18.4. The average molecular weight is 377 g/mol.